The van der Waals surface area contributed by atoms with Crippen molar-refractivity contribution in [1.29, 1.82) is 5.26 Å². The molecule has 3 atom stereocenters. The quantitative estimate of drug-likeness (QED) is 0.895. The van der Waals surface area contributed by atoms with E-state index in [0.717, 1.165) is 11.6 Å². The lowest BCUT2D eigenvalue weighted by atomic mass is 9.68. The highest BCUT2D eigenvalue weighted by atomic mass is 15.1. The highest BCUT2D eigenvalue weighted by molar-refractivity contribution is 5.36. The van der Waals surface area contributed by atoms with Crippen LogP contribution in [-0.4, -0.2) is 16.0 Å². The summed E-state index contributed by atoms with van der Waals surface area (Å²) in [4.78, 5) is 8.76. The minimum Gasteiger partial charge on any atom is -0.350 e. The molecule has 3 rings (SSSR count). The third-order valence-corrected chi connectivity index (χ3v) is 5.51. The van der Waals surface area contributed by atoms with Crippen molar-refractivity contribution in [2.24, 2.45) is 16.7 Å². The van der Waals surface area contributed by atoms with Crippen LogP contribution in [0.1, 0.15) is 51.4 Å². The zero-order valence-corrected chi connectivity index (χ0v) is 12.7. The molecule has 1 N–H and O–H groups in total. The van der Waals surface area contributed by atoms with E-state index in [-0.39, 0.29) is 5.41 Å². The maximum absolute atomic E-state index is 9.04. The highest BCUT2D eigenvalue weighted by Gasteiger charge is 2.59. The Hall–Kier alpha value is -1.63. The Kier molecular flexibility index (Phi) is 2.79. The summed E-state index contributed by atoms with van der Waals surface area (Å²) in [7, 11) is 0. The standard InChI is InChI=1S/C16H22N4/c1-10-7-12(9-17)19-14(18-10)20-13-15(2,3)11-5-6-16(13,4)8-11/h7,11,13H,5-6,8H2,1-4H3,(H,18,19,20). The summed E-state index contributed by atoms with van der Waals surface area (Å²) >= 11 is 0. The molecule has 2 bridgehead atoms. The first-order chi connectivity index (χ1) is 9.35. The Morgan fingerprint density at radius 2 is 2.10 bits per heavy atom. The summed E-state index contributed by atoms with van der Waals surface area (Å²) in [5, 5.41) is 12.6. The third-order valence-electron chi connectivity index (χ3n) is 5.51. The summed E-state index contributed by atoms with van der Waals surface area (Å²) in [6.45, 7) is 8.98. The van der Waals surface area contributed by atoms with Crippen LogP contribution < -0.4 is 5.32 Å². The minimum absolute atomic E-state index is 0.257. The maximum atomic E-state index is 9.04. The van der Waals surface area contributed by atoms with Gasteiger partial charge in [-0.3, -0.25) is 0 Å². The Balaban J connectivity index is 1.92. The number of aryl methyl sites for hydroxylation is 1. The molecule has 20 heavy (non-hydrogen) atoms. The number of fused-ring (bicyclic) bond motifs is 2. The molecule has 2 aliphatic carbocycles. The Labute approximate surface area is 120 Å². The first-order valence-corrected chi connectivity index (χ1v) is 7.37. The van der Waals surface area contributed by atoms with E-state index in [1.54, 1.807) is 6.07 Å². The largest absolute Gasteiger partial charge is 0.350 e. The van der Waals surface area contributed by atoms with Crippen LogP contribution in [0.4, 0.5) is 5.95 Å². The van der Waals surface area contributed by atoms with E-state index in [0.29, 0.717) is 23.1 Å². The molecule has 2 aliphatic rings. The monoisotopic (exact) mass is 270 g/mol. The molecule has 2 fully saturated rings. The lowest BCUT2D eigenvalue weighted by molar-refractivity contribution is 0.155. The number of aromatic nitrogens is 2. The van der Waals surface area contributed by atoms with Crippen molar-refractivity contribution in [3.05, 3.63) is 17.5 Å². The Morgan fingerprint density at radius 3 is 2.70 bits per heavy atom. The minimum atomic E-state index is 0.257. The molecule has 106 valence electrons. The van der Waals surface area contributed by atoms with Crippen LogP contribution in [-0.2, 0) is 0 Å². The first-order valence-electron chi connectivity index (χ1n) is 7.37. The summed E-state index contributed by atoms with van der Waals surface area (Å²) in [6, 6.07) is 4.20. The van der Waals surface area contributed by atoms with Gasteiger partial charge in [0.05, 0.1) is 0 Å². The second-order valence-electron chi connectivity index (χ2n) is 7.32. The van der Waals surface area contributed by atoms with Gasteiger partial charge in [0.15, 0.2) is 0 Å². The fourth-order valence-electron chi connectivity index (χ4n) is 4.48. The van der Waals surface area contributed by atoms with Crippen molar-refractivity contribution in [3.8, 4) is 6.07 Å². The maximum Gasteiger partial charge on any atom is 0.224 e. The van der Waals surface area contributed by atoms with E-state index in [9.17, 15) is 0 Å². The lowest BCUT2D eigenvalue weighted by Crippen LogP contribution is -2.46. The average Bonchev–Trinajstić information content (AvgIpc) is 2.85. The van der Waals surface area contributed by atoms with E-state index < -0.39 is 0 Å². The van der Waals surface area contributed by atoms with Gasteiger partial charge in [-0.15, -0.1) is 0 Å². The molecule has 0 aliphatic heterocycles. The van der Waals surface area contributed by atoms with Gasteiger partial charge >= 0.3 is 0 Å². The molecule has 3 unspecified atom stereocenters. The molecule has 1 aromatic heterocycles. The molecular weight excluding hydrogens is 248 g/mol. The van der Waals surface area contributed by atoms with Crippen LogP contribution >= 0.6 is 0 Å². The van der Waals surface area contributed by atoms with Crippen molar-refractivity contribution in [2.45, 2.75) is 53.0 Å². The molecular formula is C16H22N4. The van der Waals surface area contributed by atoms with Crippen LogP contribution in [0.5, 0.6) is 0 Å². The predicted molar refractivity (Wildman–Crippen MR) is 78.1 cm³/mol. The summed E-state index contributed by atoms with van der Waals surface area (Å²) in [6.07, 6.45) is 3.89. The van der Waals surface area contributed by atoms with Crippen LogP contribution in [0.2, 0.25) is 0 Å². The van der Waals surface area contributed by atoms with Gasteiger partial charge in [0.25, 0.3) is 0 Å². The fraction of sp³-hybridized carbons (Fsp3) is 0.688. The molecule has 0 amide bonds. The molecule has 0 aromatic carbocycles. The number of hydrogen-bond donors (Lipinski definition) is 1. The van der Waals surface area contributed by atoms with Crippen molar-refractivity contribution >= 4 is 5.95 Å². The van der Waals surface area contributed by atoms with E-state index in [4.69, 9.17) is 5.26 Å². The van der Waals surface area contributed by atoms with Crippen LogP contribution in [0.3, 0.4) is 0 Å². The number of nitrogens with one attached hydrogen (secondary N) is 1. The Morgan fingerprint density at radius 1 is 1.35 bits per heavy atom. The molecule has 0 radical (unpaired) electrons. The van der Waals surface area contributed by atoms with Gasteiger partial charge in [-0.2, -0.15) is 5.26 Å². The smallest absolute Gasteiger partial charge is 0.224 e. The van der Waals surface area contributed by atoms with Gasteiger partial charge in [-0.25, -0.2) is 9.97 Å². The van der Waals surface area contributed by atoms with Crippen molar-refractivity contribution in [1.82, 2.24) is 9.97 Å². The molecule has 1 heterocycles. The predicted octanol–water partition coefficient (Wildman–Crippen LogP) is 3.28. The highest BCUT2D eigenvalue weighted by Crippen LogP contribution is 2.62. The second-order valence-corrected chi connectivity index (χ2v) is 7.32. The van der Waals surface area contributed by atoms with Gasteiger partial charge < -0.3 is 5.32 Å². The normalized spacial score (nSPS) is 34.0. The van der Waals surface area contributed by atoms with Gasteiger partial charge in [-0.1, -0.05) is 20.8 Å². The molecule has 4 nitrogen and oxygen atoms in total. The molecule has 0 spiro atoms. The van der Waals surface area contributed by atoms with Gasteiger partial charge in [0.1, 0.15) is 11.8 Å². The van der Waals surface area contributed by atoms with Crippen LogP contribution in [0.15, 0.2) is 6.07 Å². The summed E-state index contributed by atoms with van der Waals surface area (Å²) in [5.74, 6) is 1.39. The van der Waals surface area contributed by atoms with Gasteiger partial charge in [-0.05, 0) is 49.0 Å². The molecule has 0 saturated heterocycles. The fourth-order valence-corrected chi connectivity index (χ4v) is 4.48. The summed E-state index contributed by atoms with van der Waals surface area (Å²) < 4.78 is 0. The Bertz CT molecular complexity index is 582. The van der Waals surface area contributed by atoms with Crippen molar-refractivity contribution in [3.63, 3.8) is 0 Å². The number of hydrogen-bond acceptors (Lipinski definition) is 4. The third kappa shape index (κ3) is 1.88. The summed E-state index contributed by atoms with van der Waals surface area (Å²) in [5.41, 5.74) is 1.86. The van der Waals surface area contributed by atoms with Crippen LogP contribution in [0.25, 0.3) is 0 Å². The molecule has 1 aromatic rings. The van der Waals surface area contributed by atoms with Gasteiger partial charge in [0.2, 0.25) is 5.95 Å². The SMILES string of the molecule is Cc1cc(C#N)nc(NC2C3(C)CCC(C3)C2(C)C)n1. The van der Waals surface area contributed by atoms with Crippen LogP contribution in [0, 0.1) is 35.0 Å². The van der Waals surface area contributed by atoms with E-state index in [1.807, 2.05) is 6.92 Å². The van der Waals surface area contributed by atoms with Gasteiger partial charge in [0, 0.05) is 11.7 Å². The molecule has 2 saturated carbocycles. The topological polar surface area (TPSA) is 61.6 Å². The average molecular weight is 270 g/mol. The van der Waals surface area contributed by atoms with E-state index in [1.165, 1.54) is 19.3 Å². The number of rotatable bonds is 2. The van der Waals surface area contributed by atoms with Crippen molar-refractivity contribution in [2.75, 3.05) is 5.32 Å². The van der Waals surface area contributed by atoms with E-state index in [2.05, 4.69) is 42.1 Å². The first kappa shape index (κ1) is 13.4. The van der Waals surface area contributed by atoms with Crippen molar-refractivity contribution < 1.29 is 0 Å². The number of nitriles is 1. The number of anilines is 1. The molecule has 4 heteroatoms. The zero-order chi connectivity index (χ0) is 14.5. The van der Waals surface area contributed by atoms with E-state index >= 15 is 0 Å². The zero-order valence-electron chi connectivity index (χ0n) is 12.7. The second kappa shape index (κ2) is 4.18. The number of nitrogens with zero attached hydrogens (tertiary/aromatic N) is 3. The lowest BCUT2D eigenvalue weighted by Gasteiger charge is -2.43.